The molecule has 0 spiro atoms. The monoisotopic (exact) mass is 454 g/mol. The fourth-order valence-electron chi connectivity index (χ4n) is 2.91. The van der Waals surface area contributed by atoms with Gasteiger partial charge in [-0.15, -0.1) is 16.3 Å². The van der Waals surface area contributed by atoms with Crippen LogP contribution in [0.25, 0.3) is 0 Å². The Morgan fingerprint density at radius 1 is 1.17 bits per heavy atom. The van der Waals surface area contributed by atoms with Gasteiger partial charge in [-0.05, 0) is 47.3 Å². The van der Waals surface area contributed by atoms with Gasteiger partial charge in [0.25, 0.3) is 0 Å². The molecule has 0 aliphatic heterocycles. The van der Waals surface area contributed by atoms with Gasteiger partial charge < -0.3 is 10.8 Å². The van der Waals surface area contributed by atoms with Gasteiger partial charge in [0.1, 0.15) is 6.61 Å². The molecule has 166 valence electrons. The van der Waals surface area contributed by atoms with Crippen molar-refractivity contribution in [3.05, 3.63) is 29.3 Å². The summed E-state index contributed by atoms with van der Waals surface area (Å²) in [5.41, 5.74) is 4.70. The first-order valence-corrected chi connectivity index (χ1v) is 11.8. The molecule has 0 saturated carbocycles. The Morgan fingerprint density at radius 3 is 2.48 bits per heavy atom. The maximum Gasteiger partial charge on any atom is 0.494 e. The van der Waals surface area contributed by atoms with E-state index >= 15 is 0 Å². The highest BCUT2D eigenvalue weighted by molar-refractivity contribution is 7.99. The largest absolute Gasteiger partial charge is 0.494 e. The van der Waals surface area contributed by atoms with Crippen molar-refractivity contribution in [1.82, 2.24) is 0 Å². The third-order valence-corrected chi connectivity index (χ3v) is 6.17. The van der Waals surface area contributed by atoms with E-state index in [0.717, 1.165) is 25.3 Å². The van der Waals surface area contributed by atoms with Gasteiger partial charge in [-0.1, -0.05) is 45.1 Å². The van der Waals surface area contributed by atoms with Crippen molar-refractivity contribution in [3.63, 3.8) is 0 Å². The molecule has 3 N–H and O–H groups in total. The Bertz CT molecular complexity index is 619. The third-order valence-electron chi connectivity index (χ3n) is 4.75. The van der Waals surface area contributed by atoms with Crippen LogP contribution in [-0.4, -0.2) is 29.6 Å². The van der Waals surface area contributed by atoms with Crippen LogP contribution >= 0.6 is 20.4 Å². The van der Waals surface area contributed by atoms with E-state index in [9.17, 15) is 22.8 Å². The highest BCUT2D eigenvalue weighted by atomic mass is 32.2. The molecule has 0 aromatic heterocycles. The quantitative estimate of drug-likeness (QED) is 0.201. The Balaban J connectivity index is 2.70. The van der Waals surface area contributed by atoms with Crippen molar-refractivity contribution in [1.29, 1.82) is 0 Å². The number of rotatable bonds is 15. The summed E-state index contributed by atoms with van der Waals surface area (Å²) >= 11 is 1.25. The van der Waals surface area contributed by atoms with Gasteiger partial charge in [0.05, 0.1) is 17.7 Å². The van der Waals surface area contributed by atoms with Crippen LogP contribution in [0.2, 0.25) is 0 Å². The lowest BCUT2D eigenvalue weighted by Crippen LogP contribution is -2.47. The second kappa shape index (κ2) is 13.6. The Kier molecular flexibility index (Phi) is 12.4. The minimum Gasteiger partial charge on any atom is -0.394 e. The molecular weight excluding hydrogens is 422 g/mol. The first kappa shape index (κ1) is 26.4. The minimum atomic E-state index is -4.43. The number of alkyl halides is 3. The first-order valence-electron chi connectivity index (χ1n) is 9.97. The topological polar surface area (TPSA) is 72.6 Å². The van der Waals surface area contributed by atoms with E-state index in [1.54, 1.807) is 6.07 Å². The van der Waals surface area contributed by atoms with E-state index in [-0.39, 0.29) is 24.3 Å². The number of aryl methyl sites for hydroxylation is 1. The zero-order valence-corrected chi connectivity index (χ0v) is 18.7. The van der Waals surface area contributed by atoms with E-state index in [0.29, 0.717) is 11.3 Å². The van der Waals surface area contributed by atoms with Crippen LogP contribution in [0.4, 0.5) is 13.2 Å². The molecule has 0 bridgehead atoms. The van der Waals surface area contributed by atoms with E-state index in [1.165, 1.54) is 37.1 Å². The number of nitrogens with two attached hydrogens (primary N) is 1. The molecule has 9 heteroatoms. The van der Waals surface area contributed by atoms with Gasteiger partial charge in [0.2, 0.25) is 0 Å². The van der Waals surface area contributed by atoms with E-state index in [1.807, 2.05) is 0 Å². The van der Waals surface area contributed by atoms with Crippen LogP contribution < -0.4 is 5.73 Å². The summed E-state index contributed by atoms with van der Waals surface area (Å²) in [7, 11) is -1.000. The summed E-state index contributed by atoms with van der Waals surface area (Å²) in [4.78, 5) is 0.242. The number of benzene rings is 1. The van der Waals surface area contributed by atoms with Crippen LogP contribution in [0.1, 0.15) is 63.0 Å². The molecule has 0 radical (unpaired) electrons. The Hall–Kier alpha value is -0.660. The van der Waals surface area contributed by atoms with Gasteiger partial charge in [-0.2, -0.15) is 13.2 Å². The van der Waals surface area contributed by atoms with Crippen molar-refractivity contribution in [2.45, 2.75) is 74.9 Å². The lowest BCUT2D eigenvalue weighted by molar-refractivity contribution is -0.139. The number of aliphatic hydroxyl groups is 1. The standard InChI is InChI=1S/C20H32F3NO3PS/c1-2-3-4-5-6-7-12-29-18-9-8-16(13-17(18)20(21,22)23)10-11-19(24,14-25)15-27-28-26/h8-9,13,25,28H,2-7,10-12,14-15,24H2,1H3/q+1. The lowest BCUT2D eigenvalue weighted by atomic mass is 9.93. The van der Waals surface area contributed by atoms with Crippen LogP contribution in [0.15, 0.2) is 23.1 Å². The molecule has 1 aromatic rings. The summed E-state index contributed by atoms with van der Waals surface area (Å²) < 4.78 is 55.8. The van der Waals surface area contributed by atoms with E-state index in [4.69, 9.17) is 10.3 Å². The van der Waals surface area contributed by atoms with E-state index in [2.05, 4.69) is 6.92 Å². The molecule has 2 atom stereocenters. The summed E-state index contributed by atoms with van der Waals surface area (Å²) in [6.45, 7) is 1.62. The molecule has 0 fully saturated rings. The molecule has 2 unspecified atom stereocenters. The highest BCUT2D eigenvalue weighted by Gasteiger charge is 2.34. The fraction of sp³-hybridized carbons (Fsp3) is 0.700. The molecule has 1 aromatic carbocycles. The molecule has 0 saturated heterocycles. The van der Waals surface area contributed by atoms with Crippen LogP contribution in [0, 0.1) is 0 Å². The van der Waals surface area contributed by atoms with Crippen LogP contribution in [0.3, 0.4) is 0 Å². The van der Waals surface area contributed by atoms with Gasteiger partial charge in [0, 0.05) is 4.90 Å². The molecule has 0 amide bonds. The molecule has 0 heterocycles. The molecule has 4 nitrogen and oxygen atoms in total. The third kappa shape index (κ3) is 10.3. The van der Waals surface area contributed by atoms with Gasteiger partial charge in [-0.3, -0.25) is 0 Å². The van der Waals surface area contributed by atoms with E-state index < -0.39 is 32.6 Å². The molecule has 1 rings (SSSR count). The number of thioether (sulfide) groups is 1. The number of hydrogen-bond acceptors (Lipinski definition) is 5. The SMILES string of the molecule is CCCCCCCCSc1ccc(CCC(N)(CO)CO[PH+]=O)cc1C(F)(F)F. The lowest BCUT2D eigenvalue weighted by Gasteiger charge is -2.24. The number of aliphatic hydroxyl groups excluding tert-OH is 1. The number of unbranched alkanes of at least 4 members (excludes halogenated alkanes) is 5. The fourth-order valence-corrected chi connectivity index (χ4v) is 4.32. The van der Waals surface area contributed by atoms with Crippen molar-refractivity contribution < 1.29 is 27.4 Å². The smallest absolute Gasteiger partial charge is 0.394 e. The Morgan fingerprint density at radius 2 is 1.86 bits per heavy atom. The molecule has 0 aliphatic carbocycles. The highest BCUT2D eigenvalue weighted by Crippen LogP contribution is 2.38. The van der Waals surface area contributed by atoms with Crippen molar-refractivity contribution in [3.8, 4) is 0 Å². The predicted molar refractivity (Wildman–Crippen MR) is 113 cm³/mol. The molecule has 29 heavy (non-hydrogen) atoms. The average molecular weight is 455 g/mol. The average Bonchev–Trinajstić information content (AvgIpc) is 2.70. The summed E-state index contributed by atoms with van der Waals surface area (Å²) in [5, 5.41) is 9.42. The van der Waals surface area contributed by atoms with Gasteiger partial charge >= 0.3 is 14.9 Å². The van der Waals surface area contributed by atoms with Crippen molar-refractivity contribution >= 4 is 20.4 Å². The number of hydrogen-bond donors (Lipinski definition) is 2. The van der Waals surface area contributed by atoms with Crippen molar-refractivity contribution in [2.24, 2.45) is 5.73 Å². The second-order valence-corrected chi connectivity index (χ2v) is 8.93. The Labute approximate surface area is 177 Å². The van der Waals surface area contributed by atoms with Crippen molar-refractivity contribution in [2.75, 3.05) is 19.0 Å². The maximum atomic E-state index is 13.5. The zero-order valence-electron chi connectivity index (χ0n) is 16.9. The molecule has 0 aliphatic rings. The van der Waals surface area contributed by atoms with Crippen LogP contribution in [0.5, 0.6) is 0 Å². The summed E-state index contributed by atoms with van der Waals surface area (Å²) in [6.07, 6.45) is 2.68. The maximum absolute atomic E-state index is 13.5. The minimum absolute atomic E-state index is 0.121. The second-order valence-electron chi connectivity index (χ2n) is 7.34. The zero-order chi connectivity index (χ0) is 21.8. The van der Waals surface area contributed by atoms with Gasteiger partial charge in [0.15, 0.2) is 0 Å². The summed E-state index contributed by atoms with van der Waals surface area (Å²) in [5.74, 6) is 0.665. The van der Waals surface area contributed by atoms with Crippen LogP contribution in [-0.2, 0) is 21.7 Å². The molecular formula is C20H32F3NO3PS+. The summed E-state index contributed by atoms with van der Waals surface area (Å²) in [6, 6.07) is 4.36. The normalized spacial score (nSPS) is 14.3. The first-order chi connectivity index (χ1) is 13.8. The number of halogens is 3. The predicted octanol–water partition coefficient (Wildman–Crippen LogP) is 5.74. The van der Waals surface area contributed by atoms with Gasteiger partial charge in [-0.25, -0.2) is 0 Å².